The number of aromatic nitrogens is 1. The van der Waals surface area contributed by atoms with Crippen LogP contribution in [0.4, 0.5) is 0 Å². The van der Waals surface area contributed by atoms with Crippen molar-refractivity contribution in [2.45, 2.75) is 65.2 Å². The number of hydrogen-bond donors (Lipinski definition) is 0. The van der Waals surface area contributed by atoms with E-state index in [1.807, 2.05) is 44.3 Å². The Morgan fingerprint density at radius 1 is 0.791 bits per heavy atom. The van der Waals surface area contributed by atoms with Crippen molar-refractivity contribution >= 4 is 11.8 Å². The third-order valence-corrected chi connectivity index (χ3v) is 8.13. The lowest BCUT2D eigenvalue weighted by Crippen LogP contribution is -2.14. The van der Waals surface area contributed by atoms with E-state index >= 15 is 0 Å². The Labute approximate surface area is 256 Å². The number of ketones is 1. The molecule has 4 aromatic rings. The highest BCUT2D eigenvalue weighted by Gasteiger charge is 2.19. The first-order chi connectivity index (χ1) is 21.0. The van der Waals surface area contributed by atoms with E-state index in [2.05, 4.69) is 72.2 Å². The standard InChI is InChI=1S/C38H45NO4/c1-4-36-35(27-33(39(36)3)17-12-18-37(40)42-5-2)38(41)32-23-25-34(26-24-32)43-28-31(21-19-29-13-8-6-9-14-29)22-20-30-15-10-7-11-16-30/h6-11,13-16,23-27,31H,4-5,12,17-22,28H2,1-3H3. The van der Waals surface area contributed by atoms with E-state index in [4.69, 9.17) is 9.47 Å². The second-order valence-electron chi connectivity index (χ2n) is 11.1. The Balaban J connectivity index is 1.37. The van der Waals surface area contributed by atoms with E-state index in [1.54, 1.807) is 0 Å². The average Bonchev–Trinajstić information content (AvgIpc) is 3.36. The molecule has 1 aromatic heterocycles. The van der Waals surface area contributed by atoms with E-state index < -0.39 is 0 Å². The normalized spacial score (nSPS) is 11.1. The van der Waals surface area contributed by atoms with Crippen LogP contribution in [-0.4, -0.2) is 29.5 Å². The molecule has 5 heteroatoms. The van der Waals surface area contributed by atoms with E-state index in [0.29, 0.717) is 37.5 Å². The van der Waals surface area contributed by atoms with Gasteiger partial charge in [0.2, 0.25) is 0 Å². The van der Waals surface area contributed by atoms with Crippen molar-refractivity contribution in [1.82, 2.24) is 4.57 Å². The van der Waals surface area contributed by atoms with Gasteiger partial charge in [0.1, 0.15) is 5.75 Å². The van der Waals surface area contributed by atoms with Gasteiger partial charge >= 0.3 is 5.97 Å². The van der Waals surface area contributed by atoms with Crippen LogP contribution in [0.25, 0.3) is 0 Å². The van der Waals surface area contributed by atoms with Gasteiger partial charge in [-0.15, -0.1) is 0 Å². The summed E-state index contributed by atoms with van der Waals surface area (Å²) in [7, 11) is 2.00. The van der Waals surface area contributed by atoms with Crippen LogP contribution in [0.15, 0.2) is 91.0 Å². The van der Waals surface area contributed by atoms with E-state index in [-0.39, 0.29) is 11.8 Å². The summed E-state index contributed by atoms with van der Waals surface area (Å²) in [5.74, 6) is 1.04. The lowest BCUT2D eigenvalue weighted by Gasteiger charge is -2.18. The maximum atomic E-state index is 13.5. The molecule has 0 bridgehead atoms. The molecule has 0 atom stereocenters. The molecule has 3 aromatic carbocycles. The van der Waals surface area contributed by atoms with Gasteiger partial charge in [0, 0.05) is 36.0 Å². The number of hydrogen-bond acceptors (Lipinski definition) is 4. The maximum Gasteiger partial charge on any atom is 0.305 e. The summed E-state index contributed by atoms with van der Waals surface area (Å²) in [6, 6.07) is 30.8. The Morgan fingerprint density at radius 2 is 1.40 bits per heavy atom. The number of esters is 1. The average molecular weight is 580 g/mol. The molecular formula is C38H45NO4. The topological polar surface area (TPSA) is 57.5 Å². The summed E-state index contributed by atoms with van der Waals surface area (Å²) in [6.45, 7) is 4.92. The van der Waals surface area contributed by atoms with Gasteiger partial charge in [-0.1, -0.05) is 67.6 Å². The van der Waals surface area contributed by atoms with E-state index in [9.17, 15) is 9.59 Å². The minimum absolute atomic E-state index is 0.0132. The molecule has 0 N–H and O–H groups in total. The summed E-state index contributed by atoms with van der Waals surface area (Å²) in [4.78, 5) is 25.3. The van der Waals surface area contributed by atoms with Crippen LogP contribution in [0.2, 0.25) is 0 Å². The molecule has 1 heterocycles. The van der Waals surface area contributed by atoms with Crippen LogP contribution in [0, 0.1) is 5.92 Å². The first kappa shape index (κ1) is 31.8. The molecule has 0 amide bonds. The zero-order valence-electron chi connectivity index (χ0n) is 25.9. The van der Waals surface area contributed by atoms with Gasteiger partial charge in [0.05, 0.1) is 13.2 Å². The van der Waals surface area contributed by atoms with Crippen LogP contribution in [0.1, 0.15) is 78.0 Å². The van der Waals surface area contributed by atoms with Crippen LogP contribution in [-0.2, 0) is 42.3 Å². The first-order valence-corrected chi connectivity index (χ1v) is 15.7. The highest BCUT2D eigenvalue weighted by Crippen LogP contribution is 2.24. The van der Waals surface area contributed by atoms with Crippen LogP contribution in [0.3, 0.4) is 0 Å². The van der Waals surface area contributed by atoms with Crippen molar-refractivity contribution in [2.24, 2.45) is 13.0 Å². The quantitative estimate of drug-likeness (QED) is 0.0941. The van der Waals surface area contributed by atoms with Crippen LogP contribution >= 0.6 is 0 Å². The zero-order chi connectivity index (χ0) is 30.4. The van der Waals surface area contributed by atoms with Crippen LogP contribution in [0.5, 0.6) is 5.75 Å². The molecule has 0 unspecified atom stereocenters. The predicted molar refractivity (Wildman–Crippen MR) is 173 cm³/mol. The Kier molecular flexibility index (Phi) is 12.2. The number of aryl methyl sites for hydroxylation is 3. The van der Waals surface area contributed by atoms with Crippen molar-refractivity contribution in [1.29, 1.82) is 0 Å². The minimum atomic E-state index is -0.176. The zero-order valence-corrected chi connectivity index (χ0v) is 25.9. The molecule has 0 spiro atoms. The summed E-state index contributed by atoms with van der Waals surface area (Å²) in [5.41, 5.74) is 6.15. The van der Waals surface area contributed by atoms with Gasteiger partial charge in [-0.3, -0.25) is 9.59 Å². The van der Waals surface area contributed by atoms with Gasteiger partial charge < -0.3 is 14.0 Å². The largest absolute Gasteiger partial charge is 0.493 e. The first-order valence-electron chi connectivity index (χ1n) is 15.7. The predicted octanol–water partition coefficient (Wildman–Crippen LogP) is 7.96. The molecule has 0 aliphatic heterocycles. The Morgan fingerprint density at radius 3 is 1.95 bits per heavy atom. The van der Waals surface area contributed by atoms with Crippen molar-refractivity contribution in [3.8, 4) is 5.75 Å². The minimum Gasteiger partial charge on any atom is -0.493 e. The molecule has 5 nitrogen and oxygen atoms in total. The summed E-state index contributed by atoms with van der Waals surface area (Å²) in [5, 5.41) is 0. The maximum absolute atomic E-state index is 13.5. The smallest absolute Gasteiger partial charge is 0.305 e. The van der Waals surface area contributed by atoms with Gasteiger partial charge in [-0.05, 0) is 99.2 Å². The molecule has 0 aliphatic rings. The number of nitrogens with zero attached hydrogens (tertiary/aromatic N) is 1. The second-order valence-corrected chi connectivity index (χ2v) is 11.1. The molecule has 4 rings (SSSR count). The fourth-order valence-electron chi connectivity index (χ4n) is 5.63. The lowest BCUT2D eigenvalue weighted by atomic mass is 9.94. The highest BCUT2D eigenvalue weighted by atomic mass is 16.5. The molecule has 0 saturated carbocycles. The van der Waals surface area contributed by atoms with E-state index in [1.165, 1.54) is 11.1 Å². The van der Waals surface area contributed by atoms with Gasteiger partial charge in [0.25, 0.3) is 0 Å². The SMILES string of the molecule is CCOC(=O)CCCc1cc(C(=O)c2ccc(OCC(CCc3ccccc3)CCc3ccccc3)cc2)c(CC)n1C. The Hall–Kier alpha value is -4.12. The number of carbonyl (C=O) groups excluding carboxylic acids is 2. The molecule has 0 radical (unpaired) electrons. The molecule has 226 valence electrons. The van der Waals surface area contributed by atoms with Crippen molar-refractivity contribution < 1.29 is 19.1 Å². The third-order valence-electron chi connectivity index (χ3n) is 8.13. The van der Waals surface area contributed by atoms with Gasteiger partial charge in [-0.2, -0.15) is 0 Å². The molecule has 0 fully saturated rings. The molecule has 0 aliphatic carbocycles. The van der Waals surface area contributed by atoms with Crippen molar-refractivity contribution in [3.63, 3.8) is 0 Å². The number of benzene rings is 3. The number of carbonyl (C=O) groups is 2. The Bertz CT molecular complexity index is 1380. The lowest BCUT2D eigenvalue weighted by molar-refractivity contribution is -0.143. The fraction of sp³-hybridized carbons (Fsp3) is 0.368. The van der Waals surface area contributed by atoms with Crippen LogP contribution < -0.4 is 4.74 Å². The monoisotopic (exact) mass is 579 g/mol. The second kappa shape index (κ2) is 16.5. The molecule has 0 saturated heterocycles. The summed E-state index contributed by atoms with van der Waals surface area (Å²) < 4.78 is 13.4. The van der Waals surface area contributed by atoms with E-state index in [0.717, 1.165) is 61.2 Å². The highest BCUT2D eigenvalue weighted by molar-refractivity contribution is 6.10. The fourth-order valence-corrected chi connectivity index (χ4v) is 5.63. The number of ether oxygens (including phenoxy) is 2. The summed E-state index contributed by atoms with van der Waals surface area (Å²) >= 11 is 0. The molecular weight excluding hydrogens is 534 g/mol. The van der Waals surface area contributed by atoms with Crippen molar-refractivity contribution in [2.75, 3.05) is 13.2 Å². The van der Waals surface area contributed by atoms with Crippen molar-refractivity contribution in [3.05, 3.63) is 125 Å². The third kappa shape index (κ3) is 9.44. The van der Waals surface area contributed by atoms with Gasteiger partial charge in [0.15, 0.2) is 5.78 Å². The number of rotatable bonds is 17. The summed E-state index contributed by atoms with van der Waals surface area (Å²) in [6.07, 6.45) is 6.72. The van der Waals surface area contributed by atoms with Gasteiger partial charge in [-0.25, -0.2) is 0 Å². The molecule has 43 heavy (non-hydrogen) atoms.